The molecule has 0 fully saturated rings. The van der Waals surface area contributed by atoms with Gasteiger partial charge in [0.2, 0.25) is 10.0 Å². The van der Waals surface area contributed by atoms with Crippen LogP contribution in [0.25, 0.3) is 0 Å². The Balaban J connectivity index is 3.17. The summed E-state index contributed by atoms with van der Waals surface area (Å²) in [6.07, 6.45) is 0. The van der Waals surface area contributed by atoms with Crippen molar-refractivity contribution in [2.45, 2.75) is 6.92 Å². The lowest BCUT2D eigenvalue weighted by molar-refractivity contribution is 0.318. The maximum Gasteiger partial charge on any atom is 0.234 e. The van der Waals surface area contributed by atoms with Gasteiger partial charge in [-0.05, 0) is 19.1 Å². The number of hydrogen-bond donors (Lipinski definition) is 2. The van der Waals surface area contributed by atoms with Gasteiger partial charge in [-0.15, -0.1) is 0 Å². The summed E-state index contributed by atoms with van der Waals surface area (Å²) in [5.74, 6) is -0.0498. The van der Waals surface area contributed by atoms with Crippen LogP contribution in [0.3, 0.4) is 0 Å². The summed E-state index contributed by atoms with van der Waals surface area (Å²) in [6.45, 7) is 1.57. The maximum absolute atomic E-state index is 11.7. The predicted molar refractivity (Wildman–Crippen MR) is 66.8 cm³/mol. The first kappa shape index (κ1) is 13.3. The van der Waals surface area contributed by atoms with E-state index in [9.17, 15) is 8.42 Å². The molecule has 0 aliphatic carbocycles. The minimum absolute atomic E-state index is 0.0112. The van der Waals surface area contributed by atoms with Crippen molar-refractivity contribution in [1.29, 1.82) is 0 Å². The molecule has 0 amide bonds. The number of benzene rings is 1. The lowest BCUT2D eigenvalue weighted by Gasteiger charge is -2.18. The van der Waals surface area contributed by atoms with E-state index in [0.717, 1.165) is 0 Å². The molecule has 0 unspecified atom stereocenters. The van der Waals surface area contributed by atoms with Crippen LogP contribution < -0.4 is 10.0 Å². The molecule has 0 atom stereocenters. The Labute approximate surface area is 100 Å². The van der Waals surface area contributed by atoms with E-state index in [1.807, 2.05) is 0 Å². The number of amidine groups is 1. The highest BCUT2D eigenvalue weighted by Crippen LogP contribution is 2.17. The molecule has 1 rings (SSSR count). The van der Waals surface area contributed by atoms with Gasteiger partial charge in [0.05, 0.1) is 11.4 Å². The topological polar surface area (TPSA) is 96.0 Å². The molecule has 1 aromatic rings. The van der Waals surface area contributed by atoms with Crippen molar-refractivity contribution < 1.29 is 13.6 Å². The van der Waals surface area contributed by atoms with Crippen LogP contribution in [0.1, 0.15) is 12.5 Å². The zero-order valence-electron chi connectivity index (χ0n) is 9.66. The second-order valence-electron chi connectivity index (χ2n) is 3.40. The summed E-state index contributed by atoms with van der Waals surface area (Å²) in [7, 11) is -1.85. The van der Waals surface area contributed by atoms with E-state index in [1.165, 1.54) is 11.4 Å². The van der Waals surface area contributed by atoms with Gasteiger partial charge in [-0.1, -0.05) is 17.3 Å². The van der Waals surface area contributed by atoms with Gasteiger partial charge in [-0.25, -0.2) is 8.42 Å². The van der Waals surface area contributed by atoms with Crippen LogP contribution in [-0.2, 0) is 10.0 Å². The van der Waals surface area contributed by atoms with Crippen LogP contribution >= 0.6 is 0 Å². The highest BCUT2D eigenvalue weighted by atomic mass is 32.2. The molecule has 0 saturated carbocycles. The van der Waals surface area contributed by atoms with Crippen molar-refractivity contribution in [2.24, 2.45) is 10.9 Å². The Morgan fingerprint density at radius 1 is 1.53 bits per heavy atom. The minimum atomic E-state index is -3.31. The van der Waals surface area contributed by atoms with Crippen LogP contribution in [0.2, 0.25) is 0 Å². The van der Waals surface area contributed by atoms with Gasteiger partial charge < -0.3 is 10.9 Å². The molecule has 3 N–H and O–H groups in total. The zero-order valence-corrected chi connectivity index (χ0v) is 10.5. The van der Waals surface area contributed by atoms with Gasteiger partial charge in [0.1, 0.15) is 0 Å². The Kier molecular flexibility index (Phi) is 3.95. The number of nitrogens with zero attached hydrogens (tertiary/aromatic N) is 2. The number of anilines is 1. The number of rotatable bonds is 4. The van der Waals surface area contributed by atoms with E-state index in [2.05, 4.69) is 5.16 Å². The average Bonchev–Trinajstić information content (AvgIpc) is 2.36. The summed E-state index contributed by atoms with van der Waals surface area (Å²) in [5.41, 5.74) is 6.37. The SMILES string of the molecule is CCS(=O)(=O)N(C)c1cccc(C(N)=NO)c1. The second-order valence-corrected chi connectivity index (χ2v) is 5.69. The average molecular weight is 257 g/mol. The first-order valence-electron chi connectivity index (χ1n) is 4.97. The summed E-state index contributed by atoms with van der Waals surface area (Å²) in [6, 6.07) is 6.46. The van der Waals surface area contributed by atoms with Crippen molar-refractivity contribution in [2.75, 3.05) is 17.1 Å². The second kappa shape index (κ2) is 5.05. The zero-order chi connectivity index (χ0) is 13.1. The van der Waals surface area contributed by atoms with E-state index in [0.29, 0.717) is 11.3 Å². The van der Waals surface area contributed by atoms with Gasteiger partial charge in [-0.2, -0.15) is 0 Å². The first-order valence-corrected chi connectivity index (χ1v) is 6.58. The number of sulfonamides is 1. The van der Waals surface area contributed by atoms with Gasteiger partial charge in [0.15, 0.2) is 5.84 Å². The smallest absolute Gasteiger partial charge is 0.234 e. The fourth-order valence-corrected chi connectivity index (χ4v) is 2.10. The van der Waals surface area contributed by atoms with Crippen LogP contribution in [-0.4, -0.2) is 32.3 Å². The third-order valence-electron chi connectivity index (χ3n) is 2.40. The van der Waals surface area contributed by atoms with Crippen LogP contribution in [0.4, 0.5) is 5.69 Å². The van der Waals surface area contributed by atoms with Crippen LogP contribution in [0.15, 0.2) is 29.4 Å². The highest BCUT2D eigenvalue weighted by Gasteiger charge is 2.16. The molecule has 1 aromatic carbocycles. The fourth-order valence-electron chi connectivity index (χ4n) is 1.27. The molecule has 17 heavy (non-hydrogen) atoms. The summed E-state index contributed by atoms with van der Waals surface area (Å²) >= 11 is 0. The standard InChI is InChI=1S/C10H15N3O3S/c1-3-17(15,16)13(2)9-6-4-5-8(7-9)10(11)12-14/h4-7,14H,3H2,1-2H3,(H2,11,12). The van der Waals surface area contributed by atoms with Crippen molar-refractivity contribution >= 4 is 21.5 Å². The highest BCUT2D eigenvalue weighted by molar-refractivity contribution is 7.92. The molecule has 0 bridgehead atoms. The van der Waals surface area contributed by atoms with Crippen molar-refractivity contribution in [3.05, 3.63) is 29.8 Å². The summed E-state index contributed by atoms with van der Waals surface area (Å²) in [4.78, 5) is 0. The molecule has 0 aromatic heterocycles. The Bertz CT molecular complexity index is 525. The molecule has 0 heterocycles. The quantitative estimate of drug-likeness (QED) is 0.356. The summed E-state index contributed by atoms with van der Waals surface area (Å²) < 4.78 is 24.5. The number of nitrogens with two attached hydrogens (primary N) is 1. The van der Waals surface area contributed by atoms with E-state index in [1.54, 1.807) is 31.2 Å². The van der Waals surface area contributed by atoms with Crippen LogP contribution in [0.5, 0.6) is 0 Å². The van der Waals surface area contributed by atoms with E-state index >= 15 is 0 Å². The molecular weight excluding hydrogens is 242 g/mol. The Morgan fingerprint density at radius 2 is 2.18 bits per heavy atom. The van der Waals surface area contributed by atoms with Gasteiger partial charge in [0, 0.05) is 12.6 Å². The number of hydrogen-bond acceptors (Lipinski definition) is 4. The third-order valence-corrected chi connectivity index (χ3v) is 4.17. The molecule has 6 nitrogen and oxygen atoms in total. The van der Waals surface area contributed by atoms with E-state index in [4.69, 9.17) is 10.9 Å². The maximum atomic E-state index is 11.7. The molecule has 0 spiro atoms. The minimum Gasteiger partial charge on any atom is -0.409 e. The van der Waals surface area contributed by atoms with Gasteiger partial charge in [-0.3, -0.25) is 4.31 Å². The molecular formula is C10H15N3O3S. The Morgan fingerprint density at radius 3 is 2.71 bits per heavy atom. The molecule has 7 heteroatoms. The molecule has 0 aliphatic heterocycles. The summed E-state index contributed by atoms with van der Waals surface area (Å²) in [5, 5.41) is 11.4. The van der Waals surface area contributed by atoms with Crippen molar-refractivity contribution in [1.82, 2.24) is 0 Å². The molecule has 0 saturated heterocycles. The molecule has 94 valence electrons. The first-order chi connectivity index (χ1) is 7.92. The molecule has 0 radical (unpaired) electrons. The fraction of sp³-hybridized carbons (Fsp3) is 0.300. The van der Waals surface area contributed by atoms with Gasteiger partial charge >= 0.3 is 0 Å². The molecule has 0 aliphatic rings. The largest absolute Gasteiger partial charge is 0.409 e. The normalized spacial score (nSPS) is 12.5. The number of oxime groups is 1. The monoisotopic (exact) mass is 257 g/mol. The predicted octanol–water partition coefficient (Wildman–Crippen LogP) is 0.567. The third kappa shape index (κ3) is 2.88. The van der Waals surface area contributed by atoms with E-state index < -0.39 is 10.0 Å². The van der Waals surface area contributed by atoms with Crippen molar-refractivity contribution in [3.8, 4) is 0 Å². The van der Waals surface area contributed by atoms with Crippen molar-refractivity contribution in [3.63, 3.8) is 0 Å². The lowest BCUT2D eigenvalue weighted by atomic mass is 10.2. The van der Waals surface area contributed by atoms with E-state index in [-0.39, 0.29) is 11.6 Å². The van der Waals surface area contributed by atoms with Crippen LogP contribution in [0, 0.1) is 0 Å². The lowest BCUT2D eigenvalue weighted by Crippen LogP contribution is -2.28. The Hall–Kier alpha value is -1.76. The van der Waals surface area contributed by atoms with Gasteiger partial charge in [0.25, 0.3) is 0 Å².